The van der Waals surface area contributed by atoms with Gasteiger partial charge < -0.3 is 9.30 Å². The third-order valence-corrected chi connectivity index (χ3v) is 4.21. The number of nitrogens with zero attached hydrogens (tertiary/aromatic N) is 3. The van der Waals surface area contributed by atoms with Crippen molar-refractivity contribution < 1.29 is 4.74 Å². The monoisotopic (exact) mass is 313 g/mol. The predicted molar refractivity (Wildman–Crippen MR) is 86.1 cm³/mol. The summed E-state index contributed by atoms with van der Waals surface area (Å²) in [5.41, 5.74) is 1.79. The highest BCUT2D eigenvalue weighted by Crippen LogP contribution is 2.21. The third kappa shape index (κ3) is 3.38. The fraction of sp³-hybridized carbons (Fsp3) is 0.571. The number of aryl methyl sites for hydroxylation is 1. The summed E-state index contributed by atoms with van der Waals surface area (Å²) in [5.74, 6) is 3.86. The molecule has 2 aromatic rings. The molecule has 0 aliphatic rings. The van der Waals surface area contributed by atoms with Crippen LogP contribution in [0.2, 0.25) is 0 Å². The van der Waals surface area contributed by atoms with Gasteiger partial charge in [0.1, 0.15) is 11.3 Å². The standard InChI is InChI=1S/C14H20ClN3OS/c1-10(9-20-3)8-18-12(6-7-15)16-11-4-5-13(19-2)17-14(11)18/h4-5,10H,6-9H2,1-3H3. The highest BCUT2D eigenvalue weighted by Gasteiger charge is 2.14. The van der Waals surface area contributed by atoms with Gasteiger partial charge in [0, 0.05) is 24.9 Å². The van der Waals surface area contributed by atoms with E-state index in [1.165, 1.54) is 0 Å². The molecule has 2 aromatic heterocycles. The summed E-state index contributed by atoms with van der Waals surface area (Å²) in [4.78, 5) is 9.18. The van der Waals surface area contributed by atoms with Crippen LogP contribution in [0.4, 0.5) is 0 Å². The number of thioether (sulfide) groups is 1. The summed E-state index contributed by atoms with van der Waals surface area (Å²) in [6.07, 6.45) is 2.88. The van der Waals surface area contributed by atoms with Crippen LogP contribution < -0.4 is 4.74 Å². The first kappa shape index (κ1) is 15.4. The molecule has 0 saturated heterocycles. The van der Waals surface area contributed by atoms with Gasteiger partial charge >= 0.3 is 0 Å². The number of aromatic nitrogens is 3. The van der Waals surface area contributed by atoms with E-state index in [4.69, 9.17) is 16.3 Å². The second-order valence-corrected chi connectivity index (χ2v) is 6.12. The zero-order chi connectivity index (χ0) is 14.5. The second-order valence-electron chi connectivity index (χ2n) is 4.83. The Morgan fingerprint density at radius 1 is 1.40 bits per heavy atom. The zero-order valence-corrected chi connectivity index (χ0v) is 13.7. The number of hydrogen-bond donors (Lipinski definition) is 0. The van der Waals surface area contributed by atoms with Gasteiger partial charge in [0.25, 0.3) is 0 Å². The number of alkyl halides is 1. The van der Waals surface area contributed by atoms with E-state index < -0.39 is 0 Å². The van der Waals surface area contributed by atoms with Gasteiger partial charge in [-0.1, -0.05) is 6.92 Å². The molecule has 0 radical (unpaired) electrons. The lowest BCUT2D eigenvalue weighted by Crippen LogP contribution is -2.13. The highest BCUT2D eigenvalue weighted by atomic mass is 35.5. The summed E-state index contributed by atoms with van der Waals surface area (Å²) >= 11 is 7.75. The number of methoxy groups -OCH3 is 1. The minimum Gasteiger partial charge on any atom is -0.481 e. The van der Waals surface area contributed by atoms with Crippen LogP contribution in [0.5, 0.6) is 5.88 Å². The molecule has 20 heavy (non-hydrogen) atoms. The van der Waals surface area contributed by atoms with E-state index in [1.54, 1.807) is 7.11 Å². The van der Waals surface area contributed by atoms with Gasteiger partial charge in [-0.3, -0.25) is 0 Å². The van der Waals surface area contributed by atoms with Crippen molar-refractivity contribution in [2.75, 3.05) is 25.0 Å². The van der Waals surface area contributed by atoms with Crippen molar-refractivity contribution >= 4 is 34.5 Å². The first-order chi connectivity index (χ1) is 9.69. The fourth-order valence-corrected chi connectivity index (χ4v) is 3.10. The Bertz CT molecular complexity index is 573. The molecule has 0 aliphatic carbocycles. The Kier molecular flexibility index (Phi) is 5.54. The minimum atomic E-state index is 0.560. The molecule has 0 N–H and O–H groups in total. The van der Waals surface area contributed by atoms with Crippen LogP contribution in [-0.2, 0) is 13.0 Å². The molecule has 2 rings (SSSR count). The number of imidazole rings is 1. The maximum atomic E-state index is 5.89. The average Bonchev–Trinajstić information content (AvgIpc) is 2.77. The number of hydrogen-bond acceptors (Lipinski definition) is 4. The van der Waals surface area contributed by atoms with E-state index in [9.17, 15) is 0 Å². The summed E-state index contributed by atoms with van der Waals surface area (Å²) in [6, 6.07) is 3.80. The molecule has 0 saturated carbocycles. The van der Waals surface area contributed by atoms with Crippen LogP contribution in [0, 0.1) is 5.92 Å². The molecule has 0 aromatic carbocycles. The molecule has 1 atom stereocenters. The van der Waals surface area contributed by atoms with E-state index in [-0.39, 0.29) is 0 Å². The van der Waals surface area contributed by atoms with E-state index in [1.807, 2.05) is 23.9 Å². The van der Waals surface area contributed by atoms with E-state index in [0.717, 1.165) is 35.7 Å². The summed E-state index contributed by atoms with van der Waals surface area (Å²) < 4.78 is 7.40. The van der Waals surface area contributed by atoms with Crippen molar-refractivity contribution in [3.05, 3.63) is 18.0 Å². The van der Waals surface area contributed by atoms with Gasteiger partial charge in [0.15, 0.2) is 5.65 Å². The summed E-state index contributed by atoms with van der Waals surface area (Å²) in [7, 11) is 1.63. The molecular weight excluding hydrogens is 294 g/mol. The average molecular weight is 314 g/mol. The van der Waals surface area contributed by atoms with Gasteiger partial charge in [-0.2, -0.15) is 16.7 Å². The lowest BCUT2D eigenvalue weighted by molar-refractivity contribution is 0.398. The number of fused-ring (bicyclic) bond motifs is 1. The molecule has 0 spiro atoms. The number of rotatable bonds is 7. The van der Waals surface area contributed by atoms with Crippen LogP contribution in [0.25, 0.3) is 11.2 Å². The third-order valence-electron chi connectivity index (χ3n) is 3.12. The van der Waals surface area contributed by atoms with Crippen LogP contribution in [-0.4, -0.2) is 39.5 Å². The van der Waals surface area contributed by atoms with Crippen LogP contribution in [0.3, 0.4) is 0 Å². The smallest absolute Gasteiger partial charge is 0.215 e. The molecule has 2 heterocycles. The topological polar surface area (TPSA) is 39.9 Å². The van der Waals surface area contributed by atoms with Crippen molar-refractivity contribution in [2.45, 2.75) is 19.9 Å². The second kappa shape index (κ2) is 7.18. The van der Waals surface area contributed by atoms with Gasteiger partial charge in [-0.05, 0) is 24.0 Å². The Labute approximate surface area is 128 Å². The summed E-state index contributed by atoms with van der Waals surface area (Å²) in [5, 5.41) is 0. The molecule has 110 valence electrons. The first-order valence-corrected chi connectivity index (χ1v) is 8.57. The molecule has 0 fully saturated rings. The van der Waals surface area contributed by atoms with E-state index in [0.29, 0.717) is 17.7 Å². The van der Waals surface area contributed by atoms with Gasteiger partial charge in [-0.25, -0.2) is 4.98 Å². The quantitative estimate of drug-likeness (QED) is 0.736. The number of pyridine rings is 1. The van der Waals surface area contributed by atoms with Crippen LogP contribution in [0.1, 0.15) is 12.7 Å². The van der Waals surface area contributed by atoms with Gasteiger partial charge in [-0.15, -0.1) is 11.6 Å². The molecule has 0 bridgehead atoms. The lowest BCUT2D eigenvalue weighted by Gasteiger charge is -2.13. The number of ether oxygens (including phenoxy) is 1. The van der Waals surface area contributed by atoms with Crippen molar-refractivity contribution in [1.82, 2.24) is 14.5 Å². The normalized spacial score (nSPS) is 12.8. The lowest BCUT2D eigenvalue weighted by atomic mass is 10.2. The van der Waals surface area contributed by atoms with Gasteiger partial charge in [0.05, 0.1) is 7.11 Å². The Morgan fingerprint density at radius 2 is 2.20 bits per heavy atom. The van der Waals surface area contributed by atoms with Crippen molar-refractivity contribution in [3.8, 4) is 5.88 Å². The SMILES string of the molecule is COc1ccc2nc(CCCl)n(CC(C)CSC)c2n1. The maximum Gasteiger partial charge on any atom is 0.215 e. The van der Waals surface area contributed by atoms with E-state index in [2.05, 4.69) is 27.7 Å². The zero-order valence-electron chi connectivity index (χ0n) is 12.1. The Hall–Kier alpha value is -0.940. The van der Waals surface area contributed by atoms with Crippen molar-refractivity contribution in [3.63, 3.8) is 0 Å². The van der Waals surface area contributed by atoms with Crippen LogP contribution in [0.15, 0.2) is 12.1 Å². The molecule has 1 unspecified atom stereocenters. The Balaban J connectivity index is 2.42. The minimum absolute atomic E-state index is 0.560. The molecule has 0 amide bonds. The molecular formula is C14H20ClN3OS. The molecule has 6 heteroatoms. The van der Waals surface area contributed by atoms with Gasteiger partial charge in [0.2, 0.25) is 5.88 Å². The summed E-state index contributed by atoms with van der Waals surface area (Å²) in [6.45, 7) is 3.15. The van der Waals surface area contributed by atoms with Crippen molar-refractivity contribution in [1.29, 1.82) is 0 Å². The molecule has 4 nitrogen and oxygen atoms in total. The predicted octanol–water partition coefficient (Wildman–Crippen LogP) is 3.22. The van der Waals surface area contributed by atoms with Crippen molar-refractivity contribution in [2.24, 2.45) is 5.92 Å². The Morgan fingerprint density at radius 3 is 2.85 bits per heavy atom. The fourth-order valence-electron chi connectivity index (χ4n) is 2.26. The first-order valence-electron chi connectivity index (χ1n) is 6.64. The largest absolute Gasteiger partial charge is 0.481 e. The van der Waals surface area contributed by atoms with E-state index >= 15 is 0 Å². The number of halogens is 1. The maximum absolute atomic E-state index is 5.89. The molecule has 0 aliphatic heterocycles. The van der Waals surface area contributed by atoms with Crippen LogP contribution >= 0.6 is 23.4 Å². The highest BCUT2D eigenvalue weighted by molar-refractivity contribution is 7.98.